The summed E-state index contributed by atoms with van der Waals surface area (Å²) in [7, 11) is 0. The maximum Gasteiger partial charge on any atom is 0.416 e. The Balaban J connectivity index is 1.59. The van der Waals surface area contributed by atoms with Crippen molar-refractivity contribution in [3.8, 4) is 0 Å². The first-order valence-corrected chi connectivity index (χ1v) is 13.8. The molecular weight excluding hydrogens is 511 g/mol. The average Bonchev–Trinajstić information content (AvgIpc) is 3.17. The second-order valence-electron chi connectivity index (χ2n) is 11.9. The van der Waals surface area contributed by atoms with Gasteiger partial charge in [-0.3, -0.25) is 9.78 Å². The summed E-state index contributed by atoms with van der Waals surface area (Å²) in [6.45, 7) is 6.45. The van der Waals surface area contributed by atoms with Crippen LogP contribution in [0.25, 0.3) is 0 Å². The third-order valence-corrected chi connectivity index (χ3v) is 9.18. The Morgan fingerprint density at radius 2 is 1.77 bits per heavy atom. The molecule has 2 aliphatic carbocycles. The lowest BCUT2D eigenvalue weighted by Gasteiger charge is -2.50. The van der Waals surface area contributed by atoms with E-state index < -0.39 is 35.7 Å². The Hall–Kier alpha value is -2.49. The lowest BCUT2D eigenvalue weighted by molar-refractivity contribution is -0.167. The van der Waals surface area contributed by atoms with Crippen LogP contribution in [0.5, 0.6) is 0 Å². The van der Waals surface area contributed by atoms with Gasteiger partial charge in [-0.15, -0.1) is 0 Å². The van der Waals surface area contributed by atoms with Crippen LogP contribution >= 0.6 is 0 Å². The number of esters is 1. The SMILES string of the molecule is CC(=O)O[C@@H]1c2nc(C(C)C)c3c(c2C([OH2+])CC12CCC2)C1(CCOCC1)OC3c1ccc(C(F)(F)F)cc1. The summed E-state index contributed by atoms with van der Waals surface area (Å²) in [4.78, 5) is 17.5. The van der Waals surface area contributed by atoms with E-state index in [0.717, 1.165) is 53.8 Å². The first-order chi connectivity index (χ1) is 18.5. The lowest BCUT2D eigenvalue weighted by Crippen LogP contribution is -2.45. The zero-order valence-electron chi connectivity index (χ0n) is 22.5. The van der Waals surface area contributed by atoms with E-state index in [4.69, 9.17) is 19.2 Å². The second-order valence-corrected chi connectivity index (χ2v) is 11.9. The molecule has 4 aliphatic rings. The van der Waals surface area contributed by atoms with E-state index in [1.165, 1.54) is 19.1 Å². The first-order valence-electron chi connectivity index (χ1n) is 13.8. The normalized spacial score (nSPS) is 26.8. The van der Waals surface area contributed by atoms with Gasteiger partial charge in [0.15, 0.2) is 12.2 Å². The minimum atomic E-state index is -4.43. The highest BCUT2D eigenvalue weighted by molar-refractivity contribution is 5.67. The van der Waals surface area contributed by atoms with Gasteiger partial charge in [-0.25, -0.2) is 0 Å². The van der Waals surface area contributed by atoms with Crippen molar-refractivity contribution in [1.29, 1.82) is 0 Å². The van der Waals surface area contributed by atoms with E-state index in [-0.39, 0.29) is 17.3 Å². The molecule has 39 heavy (non-hydrogen) atoms. The molecule has 2 aliphatic heterocycles. The number of carbonyl (C=O) groups excluding carboxylic acids is 1. The average molecular weight is 547 g/mol. The third kappa shape index (κ3) is 4.19. The van der Waals surface area contributed by atoms with Crippen LogP contribution in [0.4, 0.5) is 13.2 Å². The highest BCUT2D eigenvalue weighted by Crippen LogP contribution is 2.64. The van der Waals surface area contributed by atoms with Crippen molar-refractivity contribution < 1.29 is 37.3 Å². The molecule has 1 saturated carbocycles. The van der Waals surface area contributed by atoms with E-state index in [9.17, 15) is 23.1 Å². The number of fused-ring (bicyclic) bond motifs is 4. The van der Waals surface area contributed by atoms with Crippen LogP contribution in [0.1, 0.15) is 123 Å². The van der Waals surface area contributed by atoms with Gasteiger partial charge in [0.1, 0.15) is 6.10 Å². The molecule has 2 spiro atoms. The summed E-state index contributed by atoms with van der Waals surface area (Å²) in [5.74, 6) is -0.394. The number of carbonyl (C=O) groups is 1. The number of hydrogen-bond acceptors (Lipinski definition) is 5. The summed E-state index contributed by atoms with van der Waals surface area (Å²) in [5, 5.41) is 9.34. The van der Waals surface area contributed by atoms with Gasteiger partial charge in [0.25, 0.3) is 0 Å². The van der Waals surface area contributed by atoms with E-state index in [0.29, 0.717) is 43.7 Å². The quantitative estimate of drug-likeness (QED) is 0.334. The van der Waals surface area contributed by atoms with Gasteiger partial charge >= 0.3 is 12.1 Å². The maximum absolute atomic E-state index is 13.3. The van der Waals surface area contributed by atoms with Crippen LogP contribution < -0.4 is 0 Å². The molecule has 6 rings (SSSR count). The molecule has 2 fully saturated rings. The van der Waals surface area contributed by atoms with Crippen LogP contribution in [0.2, 0.25) is 0 Å². The van der Waals surface area contributed by atoms with Gasteiger partial charge in [-0.1, -0.05) is 32.4 Å². The Morgan fingerprint density at radius 3 is 2.31 bits per heavy atom. The molecule has 1 aromatic heterocycles. The number of halogens is 3. The highest BCUT2D eigenvalue weighted by Gasteiger charge is 2.59. The number of alkyl halides is 3. The number of rotatable bonds is 3. The van der Waals surface area contributed by atoms with Crippen molar-refractivity contribution in [1.82, 2.24) is 4.98 Å². The minimum absolute atomic E-state index is 0.0268. The van der Waals surface area contributed by atoms with Crippen molar-refractivity contribution in [3.05, 3.63) is 63.5 Å². The molecule has 0 bridgehead atoms. The van der Waals surface area contributed by atoms with Crippen molar-refractivity contribution in [2.24, 2.45) is 5.41 Å². The van der Waals surface area contributed by atoms with Gasteiger partial charge in [0.05, 0.1) is 22.4 Å². The van der Waals surface area contributed by atoms with Gasteiger partial charge in [0.2, 0.25) is 0 Å². The Labute approximate surface area is 225 Å². The molecule has 0 amide bonds. The molecule has 2 N–H and O–H groups in total. The molecule has 9 heteroatoms. The highest BCUT2D eigenvalue weighted by atomic mass is 19.4. The standard InChI is InChI=1S/C30H34F3NO5/c1-16(2)24-22-23(21-20(36)15-28(9-4-10-28)27(25(21)34-24)38-17(3)35)29(11-13-37-14-12-29)39-26(22)18-5-7-19(8-6-18)30(31,32)33/h5-8,16,20,26-27,36H,4,9-15H2,1-3H3/p+1/t20?,26?,27-/m1/s1. The van der Waals surface area contributed by atoms with E-state index in [1.807, 2.05) is 13.8 Å². The maximum atomic E-state index is 13.3. The third-order valence-electron chi connectivity index (χ3n) is 9.18. The van der Waals surface area contributed by atoms with E-state index in [2.05, 4.69) is 0 Å². The van der Waals surface area contributed by atoms with E-state index in [1.54, 1.807) is 0 Å². The van der Waals surface area contributed by atoms with Crippen LogP contribution in [-0.2, 0) is 30.8 Å². The second kappa shape index (κ2) is 9.28. The molecule has 2 aromatic rings. The fourth-order valence-corrected chi connectivity index (χ4v) is 7.24. The largest absolute Gasteiger partial charge is 0.455 e. The molecule has 210 valence electrons. The number of benzene rings is 1. The van der Waals surface area contributed by atoms with Crippen molar-refractivity contribution in [2.45, 2.75) is 95.3 Å². The number of ether oxygens (including phenoxy) is 3. The summed E-state index contributed by atoms with van der Waals surface area (Å²) < 4.78 is 58.6. The van der Waals surface area contributed by atoms with Gasteiger partial charge in [-0.2, -0.15) is 13.2 Å². The zero-order valence-corrected chi connectivity index (χ0v) is 22.5. The molecule has 0 radical (unpaired) electrons. The smallest absolute Gasteiger partial charge is 0.416 e. The molecular formula is C30H35F3NO5+. The lowest BCUT2D eigenvalue weighted by atomic mass is 9.57. The molecule has 3 heterocycles. The molecule has 6 nitrogen and oxygen atoms in total. The molecule has 2 unspecified atom stereocenters. The van der Waals surface area contributed by atoms with Crippen molar-refractivity contribution >= 4 is 5.97 Å². The van der Waals surface area contributed by atoms with Crippen LogP contribution in [0, 0.1) is 5.41 Å². The topological polar surface area (TPSA) is 80.5 Å². The van der Waals surface area contributed by atoms with Crippen LogP contribution in [0.3, 0.4) is 0 Å². The van der Waals surface area contributed by atoms with Crippen LogP contribution in [-0.4, -0.2) is 29.3 Å². The number of hydrogen-bond donors (Lipinski definition) is 0. The Bertz CT molecular complexity index is 1280. The zero-order chi connectivity index (χ0) is 27.7. The minimum Gasteiger partial charge on any atom is -0.455 e. The summed E-state index contributed by atoms with van der Waals surface area (Å²) in [6, 6.07) is 5.17. The number of nitrogens with zero attached hydrogens (tertiary/aromatic N) is 1. The molecule has 3 atom stereocenters. The number of aromatic nitrogens is 1. The molecule has 1 saturated heterocycles. The molecule has 1 aromatic carbocycles. The van der Waals surface area contributed by atoms with E-state index >= 15 is 0 Å². The van der Waals surface area contributed by atoms with Gasteiger partial charge in [-0.05, 0) is 36.5 Å². The first kappa shape index (κ1) is 26.7. The fourth-order valence-electron chi connectivity index (χ4n) is 7.24. The van der Waals surface area contributed by atoms with Gasteiger partial charge in [0, 0.05) is 61.6 Å². The predicted molar refractivity (Wildman–Crippen MR) is 136 cm³/mol. The fraction of sp³-hybridized carbons (Fsp3) is 0.600. The summed E-state index contributed by atoms with van der Waals surface area (Å²) >= 11 is 0. The summed E-state index contributed by atoms with van der Waals surface area (Å²) in [6.07, 6.45) is -1.61. The van der Waals surface area contributed by atoms with Gasteiger partial charge < -0.3 is 19.3 Å². The number of pyridine rings is 1. The summed E-state index contributed by atoms with van der Waals surface area (Å²) in [5.41, 5.74) is 2.90. The Kier molecular flexibility index (Phi) is 6.36. The predicted octanol–water partition coefficient (Wildman–Crippen LogP) is 6.29. The van der Waals surface area contributed by atoms with Crippen LogP contribution in [0.15, 0.2) is 24.3 Å². The van der Waals surface area contributed by atoms with Crippen molar-refractivity contribution in [3.63, 3.8) is 0 Å². The van der Waals surface area contributed by atoms with Crippen molar-refractivity contribution in [2.75, 3.05) is 13.2 Å². The monoisotopic (exact) mass is 546 g/mol. The Morgan fingerprint density at radius 1 is 1.10 bits per heavy atom.